The summed E-state index contributed by atoms with van der Waals surface area (Å²) in [4.78, 5) is 23.7. The second-order valence-corrected chi connectivity index (χ2v) is 6.99. The molecule has 2 heterocycles. The summed E-state index contributed by atoms with van der Waals surface area (Å²) in [6, 6.07) is 6.50. The number of nitrogens with one attached hydrogen (secondary N) is 3. The minimum absolute atomic E-state index is 0.0793. The molecule has 2 aromatic heterocycles. The quantitative estimate of drug-likeness (QED) is 0.422. The Balaban J connectivity index is 2.00. The number of hydrogen-bond acceptors (Lipinski definition) is 7. The molecule has 8 nitrogen and oxygen atoms in total. The van der Waals surface area contributed by atoms with E-state index in [9.17, 15) is 18.0 Å². The molecule has 0 bridgehead atoms. The number of alkyl halides is 3. The number of nitrogens with zero attached hydrogens (tertiary/aromatic N) is 3. The number of rotatable bonds is 7. The zero-order chi connectivity index (χ0) is 24.2. The lowest BCUT2D eigenvalue weighted by atomic mass is 10.1. The molecule has 0 aliphatic heterocycles. The molecule has 0 saturated carbocycles. The molecule has 0 aliphatic carbocycles. The number of aryl methyl sites for hydroxylation is 2. The monoisotopic (exact) mass is 458 g/mol. The van der Waals surface area contributed by atoms with Crippen molar-refractivity contribution in [2.45, 2.75) is 20.0 Å². The first kappa shape index (κ1) is 23.5. The Morgan fingerprint density at radius 3 is 2.45 bits per heavy atom. The molecule has 0 radical (unpaired) electrons. The molecule has 3 aromatic rings. The molecule has 172 valence electrons. The third-order valence-corrected chi connectivity index (χ3v) is 4.51. The van der Waals surface area contributed by atoms with Crippen molar-refractivity contribution >= 4 is 34.7 Å². The summed E-state index contributed by atoms with van der Waals surface area (Å²) in [6.07, 6.45) is -1.51. The third-order valence-electron chi connectivity index (χ3n) is 4.51. The van der Waals surface area contributed by atoms with Crippen molar-refractivity contribution in [1.29, 1.82) is 0 Å². The van der Waals surface area contributed by atoms with Gasteiger partial charge in [0.2, 0.25) is 17.7 Å². The largest absolute Gasteiger partial charge is 0.481 e. The summed E-state index contributed by atoms with van der Waals surface area (Å²) in [5, 5.41) is 8.10. The number of pyridine rings is 1. The number of carbonyl (C=O) groups excluding carboxylic acids is 1. The Morgan fingerprint density at radius 2 is 1.82 bits per heavy atom. The van der Waals surface area contributed by atoms with Crippen molar-refractivity contribution in [3.8, 4) is 5.88 Å². The number of amides is 1. The molecule has 1 amide bonds. The Kier molecular flexibility index (Phi) is 6.80. The van der Waals surface area contributed by atoms with Crippen molar-refractivity contribution in [1.82, 2.24) is 15.0 Å². The maximum absolute atomic E-state index is 13.6. The van der Waals surface area contributed by atoms with E-state index in [2.05, 4.69) is 37.5 Å². The second-order valence-electron chi connectivity index (χ2n) is 6.99. The number of hydrogen-bond donors (Lipinski definition) is 3. The van der Waals surface area contributed by atoms with E-state index in [1.807, 2.05) is 0 Å². The topological polar surface area (TPSA) is 101 Å². The van der Waals surface area contributed by atoms with Crippen molar-refractivity contribution in [3.05, 3.63) is 66.0 Å². The molecule has 3 N–H and O–H groups in total. The number of halogens is 3. The standard InChI is InChI=1S/C22H21F3N6O2/c1-5-18(32)28-16-8-12(2)6-7-15(16)29-20-14(22(23,24)25)10-27-21(31-20)30-17-11-26-19(33-4)9-13(17)3/h5-11H,1H2,2-4H3,(H,28,32)(H2,27,29,30,31). The fraction of sp³-hybridized carbons (Fsp3) is 0.182. The number of methoxy groups -OCH3 is 1. The van der Waals surface area contributed by atoms with Crippen molar-refractivity contribution in [2.24, 2.45) is 0 Å². The van der Waals surface area contributed by atoms with Crippen LogP contribution in [0.25, 0.3) is 0 Å². The number of anilines is 5. The summed E-state index contributed by atoms with van der Waals surface area (Å²) < 4.78 is 46.0. The molecule has 3 rings (SSSR count). The maximum atomic E-state index is 13.6. The fourth-order valence-corrected chi connectivity index (χ4v) is 2.82. The molecule has 33 heavy (non-hydrogen) atoms. The average molecular weight is 458 g/mol. The second kappa shape index (κ2) is 9.55. The Hall–Kier alpha value is -4.15. The van der Waals surface area contributed by atoms with E-state index >= 15 is 0 Å². The zero-order valence-corrected chi connectivity index (χ0v) is 18.0. The van der Waals surface area contributed by atoms with Crippen molar-refractivity contribution in [2.75, 3.05) is 23.1 Å². The molecule has 0 fully saturated rings. The van der Waals surface area contributed by atoms with Crippen LogP contribution in [0.15, 0.2) is 49.3 Å². The van der Waals surface area contributed by atoms with Crippen LogP contribution >= 0.6 is 0 Å². The highest BCUT2D eigenvalue weighted by Crippen LogP contribution is 2.37. The van der Waals surface area contributed by atoms with Crippen LogP contribution < -0.4 is 20.7 Å². The van der Waals surface area contributed by atoms with Gasteiger partial charge in [0.15, 0.2) is 0 Å². The normalized spacial score (nSPS) is 11.0. The van der Waals surface area contributed by atoms with Gasteiger partial charge in [0, 0.05) is 12.3 Å². The minimum Gasteiger partial charge on any atom is -0.481 e. The van der Waals surface area contributed by atoms with E-state index in [1.165, 1.54) is 13.3 Å². The fourth-order valence-electron chi connectivity index (χ4n) is 2.82. The first-order chi connectivity index (χ1) is 15.6. The number of aromatic nitrogens is 3. The minimum atomic E-state index is -4.71. The SMILES string of the molecule is C=CC(=O)Nc1cc(C)ccc1Nc1nc(Nc2cnc(OC)cc2C)ncc1C(F)(F)F. The number of carbonyl (C=O) groups is 1. The summed E-state index contributed by atoms with van der Waals surface area (Å²) in [6.45, 7) is 6.94. The van der Waals surface area contributed by atoms with Gasteiger partial charge in [0.1, 0.15) is 11.4 Å². The van der Waals surface area contributed by atoms with Gasteiger partial charge in [-0.1, -0.05) is 12.6 Å². The van der Waals surface area contributed by atoms with Crippen LogP contribution in [0.4, 0.5) is 42.0 Å². The summed E-state index contributed by atoms with van der Waals surface area (Å²) >= 11 is 0. The molecular formula is C22H21F3N6O2. The van der Waals surface area contributed by atoms with Crippen LogP contribution in [0, 0.1) is 13.8 Å². The van der Waals surface area contributed by atoms with Gasteiger partial charge in [0.25, 0.3) is 0 Å². The molecule has 0 spiro atoms. The predicted molar refractivity (Wildman–Crippen MR) is 119 cm³/mol. The van der Waals surface area contributed by atoms with E-state index in [0.717, 1.165) is 17.2 Å². The Morgan fingerprint density at radius 1 is 1.06 bits per heavy atom. The molecule has 0 aliphatic rings. The van der Waals surface area contributed by atoms with E-state index in [0.29, 0.717) is 17.8 Å². The number of benzene rings is 1. The van der Waals surface area contributed by atoms with Gasteiger partial charge in [-0.2, -0.15) is 18.2 Å². The van der Waals surface area contributed by atoms with E-state index < -0.39 is 23.5 Å². The highest BCUT2D eigenvalue weighted by atomic mass is 19.4. The number of ether oxygens (including phenoxy) is 1. The van der Waals surface area contributed by atoms with Gasteiger partial charge in [-0.15, -0.1) is 0 Å². The third kappa shape index (κ3) is 5.76. The van der Waals surface area contributed by atoms with Crippen LogP contribution in [0.2, 0.25) is 0 Å². The lowest BCUT2D eigenvalue weighted by Crippen LogP contribution is -2.14. The average Bonchev–Trinajstić information content (AvgIpc) is 2.76. The van der Waals surface area contributed by atoms with Gasteiger partial charge in [0.05, 0.1) is 30.4 Å². The maximum Gasteiger partial charge on any atom is 0.421 e. The molecule has 11 heteroatoms. The van der Waals surface area contributed by atoms with E-state index in [-0.39, 0.29) is 17.3 Å². The molecule has 0 saturated heterocycles. The smallest absolute Gasteiger partial charge is 0.421 e. The Bertz CT molecular complexity index is 1200. The molecular weight excluding hydrogens is 437 g/mol. The molecule has 0 unspecified atom stereocenters. The van der Waals surface area contributed by atoms with Crippen LogP contribution in [0.3, 0.4) is 0 Å². The van der Waals surface area contributed by atoms with Crippen LogP contribution in [-0.2, 0) is 11.0 Å². The highest BCUT2D eigenvalue weighted by molar-refractivity contribution is 6.01. The summed E-state index contributed by atoms with van der Waals surface area (Å²) in [5.74, 6) is -0.684. The van der Waals surface area contributed by atoms with Gasteiger partial charge in [-0.05, 0) is 43.2 Å². The van der Waals surface area contributed by atoms with Gasteiger partial charge >= 0.3 is 6.18 Å². The predicted octanol–water partition coefficient (Wildman–Crippen LogP) is 5.13. The summed E-state index contributed by atoms with van der Waals surface area (Å²) in [5.41, 5.74) is 1.44. The van der Waals surface area contributed by atoms with Crippen LogP contribution in [-0.4, -0.2) is 28.0 Å². The first-order valence-corrected chi connectivity index (χ1v) is 9.63. The van der Waals surface area contributed by atoms with E-state index in [4.69, 9.17) is 4.74 Å². The van der Waals surface area contributed by atoms with Crippen LogP contribution in [0.1, 0.15) is 16.7 Å². The first-order valence-electron chi connectivity index (χ1n) is 9.63. The summed E-state index contributed by atoms with van der Waals surface area (Å²) in [7, 11) is 1.47. The van der Waals surface area contributed by atoms with Gasteiger partial charge in [-0.3, -0.25) is 4.79 Å². The molecule has 0 atom stereocenters. The van der Waals surface area contributed by atoms with Crippen molar-refractivity contribution < 1.29 is 22.7 Å². The molecule has 1 aromatic carbocycles. The van der Waals surface area contributed by atoms with Gasteiger partial charge in [-0.25, -0.2) is 9.97 Å². The Labute approximate surface area is 187 Å². The lowest BCUT2D eigenvalue weighted by molar-refractivity contribution is -0.137. The zero-order valence-electron chi connectivity index (χ0n) is 18.0. The van der Waals surface area contributed by atoms with Crippen LogP contribution in [0.5, 0.6) is 5.88 Å². The highest BCUT2D eigenvalue weighted by Gasteiger charge is 2.35. The van der Waals surface area contributed by atoms with Crippen molar-refractivity contribution in [3.63, 3.8) is 0 Å². The lowest BCUT2D eigenvalue weighted by Gasteiger charge is -2.17. The van der Waals surface area contributed by atoms with E-state index in [1.54, 1.807) is 38.1 Å². The van der Waals surface area contributed by atoms with Gasteiger partial charge < -0.3 is 20.7 Å².